The highest BCUT2D eigenvalue weighted by atomic mass is 32.1. The van der Waals surface area contributed by atoms with Gasteiger partial charge in [-0.1, -0.05) is 18.1 Å². The third-order valence-electron chi connectivity index (χ3n) is 4.30. The topological polar surface area (TPSA) is 68.1 Å². The van der Waals surface area contributed by atoms with Gasteiger partial charge in [-0.15, -0.1) is 16.4 Å². The van der Waals surface area contributed by atoms with Crippen LogP contribution < -0.4 is 5.56 Å². The zero-order chi connectivity index (χ0) is 15.7. The molecule has 0 radical (unpaired) electrons. The third kappa shape index (κ3) is 2.77. The molecule has 0 atom stereocenters. The fraction of sp³-hybridized carbons (Fsp3) is 0.600. The average Bonchev–Trinajstić information content (AvgIpc) is 2.71. The Morgan fingerprint density at radius 2 is 1.86 bits per heavy atom. The normalized spacial score (nSPS) is 16.0. The molecule has 7 heteroatoms. The van der Waals surface area contributed by atoms with E-state index in [0.717, 1.165) is 36.4 Å². The van der Waals surface area contributed by atoms with Crippen LogP contribution in [0.5, 0.6) is 0 Å². The predicted octanol–water partition coefficient (Wildman–Crippen LogP) is 1.87. The summed E-state index contributed by atoms with van der Waals surface area (Å²) in [5.41, 5.74) is 0.728. The highest BCUT2D eigenvalue weighted by Gasteiger charge is 2.19. The zero-order valence-corrected chi connectivity index (χ0v) is 13.8. The summed E-state index contributed by atoms with van der Waals surface area (Å²) >= 11 is 1.47. The molecule has 0 unspecified atom stereocenters. The van der Waals surface area contributed by atoms with E-state index in [1.165, 1.54) is 28.9 Å². The van der Waals surface area contributed by atoms with Gasteiger partial charge in [0.1, 0.15) is 6.54 Å². The Bertz CT molecular complexity index is 757. The van der Waals surface area contributed by atoms with Gasteiger partial charge in [-0.2, -0.15) is 0 Å². The quantitative estimate of drug-likeness (QED) is 0.847. The number of thiophene rings is 1. The molecule has 0 saturated carbocycles. The number of likely N-dealkylation sites (tertiary alicyclic amines) is 1. The molecule has 1 aliphatic heterocycles. The number of aromatic nitrogens is 3. The number of hydrogen-bond acceptors (Lipinski definition) is 5. The first-order valence-electron chi connectivity index (χ1n) is 7.69. The molecule has 118 valence electrons. The zero-order valence-electron chi connectivity index (χ0n) is 13.0. The molecule has 6 nitrogen and oxygen atoms in total. The van der Waals surface area contributed by atoms with Gasteiger partial charge < -0.3 is 4.90 Å². The van der Waals surface area contributed by atoms with Gasteiger partial charge >= 0.3 is 0 Å². The molecular formula is C15H20N4O2S. The SMILES string of the molecule is Cc1sc2nnn(CC(=O)N3CCCCCC3)c(=O)c2c1C. The summed E-state index contributed by atoms with van der Waals surface area (Å²) in [5.74, 6) is -0.0396. The molecule has 0 aromatic carbocycles. The van der Waals surface area contributed by atoms with E-state index in [4.69, 9.17) is 0 Å². The van der Waals surface area contributed by atoms with Crippen LogP contribution in [0.4, 0.5) is 0 Å². The average molecular weight is 320 g/mol. The Labute approximate surface area is 132 Å². The van der Waals surface area contributed by atoms with E-state index in [1.807, 2.05) is 18.7 Å². The fourth-order valence-electron chi connectivity index (χ4n) is 2.85. The summed E-state index contributed by atoms with van der Waals surface area (Å²) < 4.78 is 1.20. The number of rotatable bonds is 2. The molecule has 22 heavy (non-hydrogen) atoms. The van der Waals surface area contributed by atoms with Crippen LogP contribution in [0.3, 0.4) is 0 Å². The minimum atomic E-state index is -0.213. The Morgan fingerprint density at radius 1 is 1.18 bits per heavy atom. The number of carbonyl (C=O) groups excluding carboxylic acids is 1. The minimum absolute atomic E-state index is 0.0178. The van der Waals surface area contributed by atoms with E-state index in [1.54, 1.807) is 0 Å². The molecule has 0 N–H and O–H groups in total. The number of carbonyl (C=O) groups is 1. The molecule has 2 aromatic rings. The van der Waals surface area contributed by atoms with Crippen molar-refractivity contribution in [1.29, 1.82) is 0 Å². The number of hydrogen-bond donors (Lipinski definition) is 0. The maximum absolute atomic E-state index is 12.5. The molecule has 1 amide bonds. The van der Waals surface area contributed by atoms with Gasteiger partial charge in [0.15, 0.2) is 4.83 Å². The Morgan fingerprint density at radius 3 is 2.55 bits per heavy atom. The lowest BCUT2D eigenvalue weighted by Crippen LogP contribution is -2.38. The number of aryl methyl sites for hydroxylation is 2. The van der Waals surface area contributed by atoms with Gasteiger partial charge in [-0.25, -0.2) is 4.68 Å². The van der Waals surface area contributed by atoms with Crippen LogP contribution in [-0.4, -0.2) is 38.9 Å². The first-order valence-corrected chi connectivity index (χ1v) is 8.51. The van der Waals surface area contributed by atoms with Crippen LogP contribution in [0.2, 0.25) is 0 Å². The lowest BCUT2D eigenvalue weighted by atomic mass is 10.2. The molecule has 0 spiro atoms. The molecule has 0 aliphatic carbocycles. The first-order chi connectivity index (χ1) is 10.6. The molecule has 3 rings (SSSR count). The predicted molar refractivity (Wildman–Crippen MR) is 86.2 cm³/mol. The largest absolute Gasteiger partial charge is 0.341 e. The van der Waals surface area contributed by atoms with Crippen LogP contribution in [0.15, 0.2) is 4.79 Å². The fourth-order valence-corrected chi connectivity index (χ4v) is 3.81. The Hall–Kier alpha value is -1.76. The van der Waals surface area contributed by atoms with Gasteiger partial charge in [0, 0.05) is 18.0 Å². The lowest BCUT2D eigenvalue weighted by molar-refractivity contribution is -0.132. The van der Waals surface area contributed by atoms with Crippen molar-refractivity contribution in [2.75, 3.05) is 13.1 Å². The molecule has 1 aliphatic rings. The Kier molecular flexibility index (Phi) is 4.24. The van der Waals surface area contributed by atoms with Crippen molar-refractivity contribution in [2.24, 2.45) is 0 Å². The molecule has 0 bridgehead atoms. The number of nitrogens with zero attached hydrogens (tertiary/aromatic N) is 4. The van der Waals surface area contributed by atoms with Crippen LogP contribution in [0, 0.1) is 13.8 Å². The van der Waals surface area contributed by atoms with E-state index >= 15 is 0 Å². The van der Waals surface area contributed by atoms with E-state index in [9.17, 15) is 9.59 Å². The van der Waals surface area contributed by atoms with E-state index in [0.29, 0.717) is 10.2 Å². The van der Waals surface area contributed by atoms with E-state index in [-0.39, 0.29) is 18.0 Å². The molecule has 1 saturated heterocycles. The second kappa shape index (κ2) is 6.16. The highest BCUT2D eigenvalue weighted by Crippen LogP contribution is 2.24. The van der Waals surface area contributed by atoms with Crippen molar-refractivity contribution in [3.63, 3.8) is 0 Å². The van der Waals surface area contributed by atoms with E-state index < -0.39 is 0 Å². The summed E-state index contributed by atoms with van der Waals surface area (Å²) in [6.07, 6.45) is 4.41. The van der Waals surface area contributed by atoms with Crippen molar-refractivity contribution < 1.29 is 4.79 Å². The Balaban J connectivity index is 1.87. The second-order valence-electron chi connectivity index (χ2n) is 5.81. The summed E-state index contributed by atoms with van der Waals surface area (Å²) in [6, 6.07) is 0. The molecular weight excluding hydrogens is 300 g/mol. The van der Waals surface area contributed by atoms with Gasteiger partial charge in [0.05, 0.1) is 5.39 Å². The monoisotopic (exact) mass is 320 g/mol. The van der Waals surface area contributed by atoms with Gasteiger partial charge in [0.25, 0.3) is 5.56 Å². The van der Waals surface area contributed by atoms with Crippen molar-refractivity contribution in [3.8, 4) is 0 Å². The van der Waals surface area contributed by atoms with Crippen LogP contribution in [0.1, 0.15) is 36.1 Å². The summed E-state index contributed by atoms with van der Waals surface area (Å²) in [6.45, 7) is 5.42. The summed E-state index contributed by atoms with van der Waals surface area (Å²) in [7, 11) is 0. The minimum Gasteiger partial charge on any atom is -0.341 e. The third-order valence-corrected chi connectivity index (χ3v) is 5.39. The molecule has 3 heterocycles. The number of fused-ring (bicyclic) bond motifs is 1. The van der Waals surface area contributed by atoms with Gasteiger partial charge in [0.2, 0.25) is 5.91 Å². The van der Waals surface area contributed by atoms with Gasteiger partial charge in [-0.05, 0) is 32.3 Å². The number of amides is 1. The molecule has 2 aromatic heterocycles. The second-order valence-corrected chi connectivity index (χ2v) is 7.01. The van der Waals surface area contributed by atoms with Crippen molar-refractivity contribution in [2.45, 2.75) is 46.1 Å². The van der Waals surface area contributed by atoms with Crippen molar-refractivity contribution in [1.82, 2.24) is 19.9 Å². The maximum Gasteiger partial charge on any atom is 0.279 e. The molecule has 1 fully saturated rings. The van der Waals surface area contributed by atoms with Crippen LogP contribution in [-0.2, 0) is 11.3 Å². The van der Waals surface area contributed by atoms with Crippen LogP contribution in [0.25, 0.3) is 10.2 Å². The van der Waals surface area contributed by atoms with Crippen LogP contribution >= 0.6 is 11.3 Å². The van der Waals surface area contributed by atoms with Crippen molar-refractivity contribution >= 4 is 27.5 Å². The first kappa shape index (κ1) is 15.1. The summed E-state index contributed by atoms with van der Waals surface area (Å²) in [4.78, 5) is 28.5. The standard InChI is InChI=1S/C15H20N4O2S/c1-10-11(2)22-14-13(10)15(21)19(17-16-14)9-12(20)18-7-5-3-4-6-8-18/h3-9H2,1-2H3. The van der Waals surface area contributed by atoms with Gasteiger partial charge in [-0.3, -0.25) is 9.59 Å². The smallest absolute Gasteiger partial charge is 0.279 e. The maximum atomic E-state index is 12.5. The lowest BCUT2D eigenvalue weighted by Gasteiger charge is -2.20. The summed E-state index contributed by atoms with van der Waals surface area (Å²) in [5, 5.41) is 8.64. The van der Waals surface area contributed by atoms with E-state index in [2.05, 4.69) is 10.3 Å². The highest BCUT2D eigenvalue weighted by molar-refractivity contribution is 7.18. The van der Waals surface area contributed by atoms with Crippen molar-refractivity contribution in [3.05, 3.63) is 20.8 Å².